The van der Waals surface area contributed by atoms with E-state index in [2.05, 4.69) is 10.6 Å². The van der Waals surface area contributed by atoms with E-state index in [-0.39, 0.29) is 18.9 Å². The molecule has 1 saturated heterocycles. The first-order valence-corrected chi connectivity index (χ1v) is 10.8. The van der Waals surface area contributed by atoms with Crippen LogP contribution in [0.2, 0.25) is 0 Å². The number of carbonyl (C=O) groups is 3. The lowest BCUT2D eigenvalue weighted by Crippen LogP contribution is -2.47. The van der Waals surface area contributed by atoms with Gasteiger partial charge in [0.2, 0.25) is 5.91 Å². The molecule has 8 heteroatoms. The molecule has 0 bridgehead atoms. The highest BCUT2D eigenvalue weighted by atomic mass is 19.1. The molecule has 33 heavy (non-hydrogen) atoms. The van der Waals surface area contributed by atoms with E-state index in [1.807, 2.05) is 24.3 Å². The first kappa shape index (κ1) is 20.9. The molecule has 3 aromatic rings. The second-order valence-electron chi connectivity index (χ2n) is 8.29. The Morgan fingerprint density at radius 1 is 1.09 bits per heavy atom. The number of hydrogen-bond acceptors (Lipinski definition) is 4. The van der Waals surface area contributed by atoms with E-state index in [1.165, 1.54) is 12.1 Å². The molecule has 7 nitrogen and oxygen atoms in total. The van der Waals surface area contributed by atoms with Crippen LogP contribution in [0.5, 0.6) is 0 Å². The van der Waals surface area contributed by atoms with Crippen LogP contribution in [0.3, 0.4) is 0 Å². The maximum absolute atomic E-state index is 13.3. The van der Waals surface area contributed by atoms with Crippen LogP contribution in [0, 0.1) is 5.82 Å². The molecular weight excluding hydrogens is 425 g/mol. The van der Waals surface area contributed by atoms with E-state index in [0.29, 0.717) is 23.5 Å². The van der Waals surface area contributed by atoms with Crippen molar-refractivity contribution < 1.29 is 23.2 Å². The fourth-order valence-corrected chi connectivity index (χ4v) is 4.58. The highest BCUT2D eigenvalue weighted by Crippen LogP contribution is 2.39. The van der Waals surface area contributed by atoms with Gasteiger partial charge in [-0.1, -0.05) is 24.3 Å². The molecule has 1 atom stereocenters. The monoisotopic (exact) mass is 447 g/mol. The van der Waals surface area contributed by atoms with Crippen LogP contribution >= 0.6 is 0 Å². The Kier molecular flexibility index (Phi) is 5.20. The van der Waals surface area contributed by atoms with Crippen molar-refractivity contribution in [1.29, 1.82) is 0 Å². The van der Waals surface area contributed by atoms with E-state index in [0.717, 1.165) is 28.9 Å². The van der Waals surface area contributed by atoms with Gasteiger partial charge in [-0.25, -0.2) is 9.18 Å². The zero-order valence-corrected chi connectivity index (χ0v) is 17.8. The Balaban J connectivity index is 1.24. The summed E-state index contributed by atoms with van der Waals surface area (Å²) < 4.78 is 18.8. The molecule has 2 aliphatic rings. The van der Waals surface area contributed by atoms with Crippen LogP contribution in [-0.2, 0) is 28.1 Å². The molecule has 1 fully saturated rings. The summed E-state index contributed by atoms with van der Waals surface area (Å²) in [6.45, 7) is -0.280. The van der Waals surface area contributed by atoms with Gasteiger partial charge in [-0.05, 0) is 66.8 Å². The number of benzene rings is 2. The smallest absolute Gasteiger partial charge is 0.325 e. The van der Waals surface area contributed by atoms with Gasteiger partial charge in [-0.3, -0.25) is 14.5 Å². The quantitative estimate of drug-likeness (QED) is 0.586. The molecule has 1 aliphatic heterocycles. The van der Waals surface area contributed by atoms with Gasteiger partial charge in [-0.2, -0.15) is 0 Å². The Hall–Kier alpha value is -3.94. The highest BCUT2D eigenvalue weighted by Gasteiger charge is 2.54. The Labute approximate surface area is 189 Å². The van der Waals surface area contributed by atoms with Gasteiger partial charge >= 0.3 is 6.03 Å². The summed E-state index contributed by atoms with van der Waals surface area (Å²) >= 11 is 0. The summed E-state index contributed by atoms with van der Waals surface area (Å²) in [4.78, 5) is 39.4. The van der Waals surface area contributed by atoms with Crippen molar-refractivity contribution in [3.63, 3.8) is 0 Å². The van der Waals surface area contributed by atoms with Gasteiger partial charge in [-0.15, -0.1) is 0 Å². The first-order valence-electron chi connectivity index (χ1n) is 10.8. The minimum absolute atomic E-state index is 0.0949. The molecule has 0 saturated carbocycles. The molecule has 2 heterocycles. The summed E-state index contributed by atoms with van der Waals surface area (Å²) in [5.74, 6) is -0.161. The molecule has 5 rings (SSSR count). The maximum Gasteiger partial charge on any atom is 0.325 e. The van der Waals surface area contributed by atoms with Gasteiger partial charge in [0.05, 0.1) is 6.54 Å². The number of amides is 4. The topological polar surface area (TPSA) is 91.7 Å². The average molecular weight is 447 g/mol. The van der Waals surface area contributed by atoms with Crippen LogP contribution in [0.4, 0.5) is 9.18 Å². The number of furan rings is 1. The van der Waals surface area contributed by atoms with Gasteiger partial charge in [0.25, 0.3) is 5.91 Å². The molecule has 1 aromatic heterocycles. The van der Waals surface area contributed by atoms with Crippen molar-refractivity contribution in [2.45, 2.75) is 31.3 Å². The van der Waals surface area contributed by atoms with Crippen molar-refractivity contribution in [3.05, 3.63) is 83.4 Å². The normalized spacial score (nSPS) is 19.5. The second-order valence-corrected chi connectivity index (χ2v) is 8.29. The molecule has 0 radical (unpaired) electrons. The van der Waals surface area contributed by atoms with Crippen LogP contribution in [-0.4, -0.2) is 29.3 Å². The van der Waals surface area contributed by atoms with Crippen LogP contribution in [0.25, 0.3) is 11.3 Å². The fraction of sp³-hybridized carbons (Fsp3) is 0.240. The third-order valence-corrected chi connectivity index (χ3v) is 6.20. The summed E-state index contributed by atoms with van der Waals surface area (Å²) in [7, 11) is 0. The Bertz CT molecular complexity index is 1240. The number of nitrogens with one attached hydrogen (secondary N) is 2. The van der Waals surface area contributed by atoms with Crippen molar-refractivity contribution in [2.24, 2.45) is 0 Å². The number of hydrogen-bond donors (Lipinski definition) is 2. The number of rotatable bonds is 5. The lowest BCUT2D eigenvalue weighted by Gasteiger charge is -2.33. The van der Waals surface area contributed by atoms with Crippen molar-refractivity contribution >= 4 is 17.8 Å². The lowest BCUT2D eigenvalue weighted by atomic mass is 9.76. The number of urea groups is 1. The highest BCUT2D eigenvalue weighted by molar-refractivity contribution is 6.09. The van der Waals surface area contributed by atoms with E-state index in [9.17, 15) is 18.8 Å². The number of aryl methyl sites for hydroxylation is 1. The Morgan fingerprint density at radius 2 is 1.88 bits per heavy atom. The molecule has 4 amide bonds. The second kappa shape index (κ2) is 8.20. The molecule has 1 aliphatic carbocycles. The average Bonchev–Trinajstić information content (AvgIpc) is 3.38. The first-order chi connectivity index (χ1) is 16.0. The molecule has 1 spiro atoms. The number of nitrogens with zero attached hydrogens (tertiary/aromatic N) is 1. The standard InChI is InChI=1S/C25H22FN3O4/c26-18-9-7-17(8-10-18)21-12-11-19(33-21)14-27-22(30)15-29-23(31)25(28-24(29)32)13-3-5-16-4-1-2-6-20(16)25/h1-2,4,6-12H,3,5,13-15H2,(H,27,30)(H,28,32). The van der Waals surface area contributed by atoms with Gasteiger partial charge < -0.3 is 15.1 Å². The van der Waals surface area contributed by atoms with Crippen LogP contribution in [0.15, 0.2) is 65.1 Å². The molecule has 1 unspecified atom stereocenters. The Morgan fingerprint density at radius 3 is 2.70 bits per heavy atom. The molecule has 168 valence electrons. The fourth-order valence-electron chi connectivity index (χ4n) is 4.58. The van der Waals surface area contributed by atoms with Crippen molar-refractivity contribution in [2.75, 3.05) is 6.54 Å². The molecular formula is C25H22FN3O4. The predicted molar refractivity (Wildman–Crippen MR) is 117 cm³/mol. The molecule has 2 aromatic carbocycles. The third kappa shape index (κ3) is 3.77. The van der Waals surface area contributed by atoms with Crippen molar-refractivity contribution in [3.8, 4) is 11.3 Å². The largest absolute Gasteiger partial charge is 0.459 e. The number of halogens is 1. The summed E-state index contributed by atoms with van der Waals surface area (Å²) in [5, 5.41) is 5.53. The minimum atomic E-state index is -1.10. The minimum Gasteiger partial charge on any atom is -0.459 e. The summed E-state index contributed by atoms with van der Waals surface area (Å²) in [6, 6.07) is 16.4. The van der Waals surface area contributed by atoms with Gasteiger partial charge in [0.1, 0.15) is 29.4 Å². The number of fused-ring (bicyclic) bond motifs is 2. The lowest BCUT2D eigenvalue weighted by molar-refractivity contribution is -0.135. The van der Waals surface area contributed by atoms with Gasteiger partial charge in [0.15, 0.2) is 0 Å². The number of imide groups is 1. The van der Waals surface area contributed by atoms with Gasteiger partial charge in [0, 0.05) is 5.56 Å². The molecule has 2 N–H and O–H groups in total. The van der Waals surface area contributed by atoms with E-state index >= 15 is 0 Å². The maximum atomic E-state index is 13.3. The van der Waals surface area contributed by atoms with Crippen molar-refractivity contribution in [1.82, 2.24) is 15.5 Å². The van der Waals surface area contributed by atoms with E-state index in [4.69, 9.17) is 4.42 Å². The van der Waals surface area contributed by atoms with E-state index in [1.54, 1.807) is 24.3 Å². The number of carbonyl (C=O) groups excluding carboxylic acids is 3. The summed E-state index contributed by atoms with van der Waals surface area (Å²) in [6.07, 6.45) is 2.13. The summed E-state index contributed by atoms with van der Waals surface area (Å²) in [5.41, 5.74) is 1.46. The third-order valence-electron chi connectivity index (χ3n) is 6.20. The van der Waals surface area contributed by atoms with Crippen LogP contribution in [0.1, 0.15) is 29.7 Å². The van der Waals surface area contributed by atoms with Crippen LogP contribution < -0.4 is 10.6 Å². The predicted octanol–water partition coefficient (Wildman–Crippen LogP) is 3.49. The van der Waals surface area contributed by atoms with E-state index < -0.39 is 23.4 Å². The zero-order valence-electron chi connectivity index (χ0n) is 17.8. The zero-order chi connectivity index (χ0) is 23.0. The SMILES string of the molecule is O=C(CN1C(=O)NC2(CCCc3ccccc32)C1=O)NCc1ccc(-c2ccc(F)cc2)o1.